The van der Waals surface area contributed by atoms with Crippen molar-refractivity contribution in [3.8, 4) is 5.75 Å². The first kappa shape index (κ1) is 13.4. The molecule has 19 heavy (non-hydrogen) atoms. The molecule has 0 unspecified atom stereocenters. The van der Waals surface area contributed by atoms with Crippen LogP contribution in [0.2, 0.25) is 0 Å². The number of anilines is 1. The summed E-state index contributed by atoms with van der Waals surface area (Å²) < 4.78 is 0. The summed E-state index contributed by atoms with van der Waals surface area (Å²) in [7, 11) is 2.00. The second kappa shape index (κ2) is 5.71. The normalized spacial score (nSPS) is 10.2. The Bertz CT molecular complexity index is 581. The Morgan fingerprint density at radius 3 is 2.47 bits per heavy atom. The van der Waals surface area contributed by atoms with Gasteiger partial charge in [-0.3, -0.25) is 0 Å². The summed E-state index contributed by atoms with van der Waals surface area (Å²) in [6, 6.07) is 15.1. The highest BCUT2D eigenvalue weighted by Crippen LogP contribution is 2.18. The van der Waals surface area contributed by atoms with Crippen LogP contribution in [0.4, 0.5) is 5.69 Å². The number of nitrogens with two attached hydrogens (primary N) is 1. The van der Waals surface area contributed by atoms with E-state index in [2.05, 4.69) is 4.90 Å². The fraction of sp³-hybridized carbons (Fsp3) is 0.133. The van der Waals surface area contributed by atoms with Crippen LogP contribution in [0.5, 0.6) is 5.75 Å². The molecule has 0 amide bonds. The molecule has 0 radical (unpaired) electrons. The predicted octanol–water partition coefficient (Wildman–Crippen LogP) is 2.66. The molecule has 3 N–H and O–H groups in total. The second-order valence-corrected chi connectivity index (χ2v) is 4.88. The van der Waals surface area contributed by atoms with E-state index in [1.807, 2.05) is 43.4 Å². The summed E-state index contributed by atoms with van der Waals surface area (Å²) in [4.78, 5) is 2.50. The zero-order valence-electron chi connectivity index (χ0n) is 10.7. The third-order valence-electron chi connectivity index (χ3n) is 2.92. The van der Waals surface area contributed by atoms with Crippen LogP contribution >= 0.6 is 12.2 Å². The number of nitrogens with zero attached hydrogens (tertiary/aromatic N) is 1. The van der Waals surface area contributed by atoms with Gasteiger partial charge < -0.3 is 15.7 Å². The minimum Gasteiger partial charge on any atom is -0.508 e. The van der Waals surface area contributed by atoms with Gasteiger partial charge in [0.25, 0.3) is 0 Å². The average molecular weight is 272 g/mol. The Balaban J connectivity index is 2.11. The molecule has 2 aromatic carbocycles. The van der Waals surface area contributed by atoms with E-state index in [1.54, 1.807) is 12.1 Å². The van der Waals surface area contributed by atoms with E-state index >= 15 is 0 Å². The lowest BCUT2D eigenvalue weighted by Crippen LogP contribution is -2.16. The number of rotatable bonds is 4. The zero-order chi connectivity index (χ0) is 13.8. The van der Waals surface area contributed by atoms with E-state index < -0.39 is 0 Å². The molecule has 4 heteroatoms. The van der Waals surface area contributed by atoms with Crippen LogP contribution in [0, 0.1) is 0 Å². The van der Waals surface area contributed by atoms with Crippen LogP contribution in [0.3, 0.4) is 0 Å². The lowest BCUT2D eigenvalue weighted by atomic mass is 10.1. The first-order valence-electron chi connectivity index (χ1n) is 5.95. The Labute approximate surface area is 118 Å². The van der Waals surface area contributed by atoms with E-state index in [1.165, 1.54) is 0 Å². The van der Waals surface area contributed by atoms with Gasteiger partial charge in [0.05, 0.1) is 0 Å². The van der Waals surface area contributed by atoms with Gasteiger partial charge in [0.2, 0.25) is 0 Å². The fourth-order valence-corrected chi connectivity index (χ4v) is 2.04. The molecule has 0 saturated heterocycles. The number of hydrogen-bond acceptors (Lipinski definition) is 3. The summed E-state index contributed by atoms with van der Waals surface area (Å²) in [5.41, 5.74) is 8.56. The molecule has 0 saturated carbocycles. The summed E-state index contributed by atoms with van der Waals surface area (Å²) >= 11 is 4.93. The summed E-state index contributed by atoms with van der Waals surface area (Å²) in [5, 5.41) is 9.45. The maximum Gasteiger partial charge on any atom is 0.115 e. The van der Waals surface area contributed by atoms with Gasteiger partial charge in [-0.2, -0.15) is 0 Å². The van der Waals surface area contributed by atoms with Crippen molar-refractivity contribution in [3.63, 3.8) is 0 Å². The van der Waals surface area contributed by atoms with Gasteiger partial charge in [0.1, 0.15) is 10.7 Å². The SMILES string of the molecule is CN(Cc1cccc(O)c1)c1ccc(C(N)=S)cc1. The number of benzene rings is 2. The molecular weight excluding hydrogens is 256 g/mol. The zero-order valence-corrected chi connectivity index (χ0v) is 11.5. The highest BCUT2D eigenvalue weighted by molar-refractivity contribution is 7.80. The first-order chi connectivity index (χ1) is 9.06. The molecule has 0 atom stereocenters. The van der Waals surface area contributed by atoms with Crippen LogP contribution < -0.4 is 10.6 Å². The number of hydrogen-bond donors (Lipinski definition) is 2. The van der Waals surface area contributed by atoms with E-state index in [0.29, 0.717) is 4.99 Å². The van der Waals surface area contributed by atoms with Crippen LogP contribution in [-0.2, 0) is 6.54 Å². The molecular formula is C15H16N2OS. The van der Waals surface area contributed by atoms with Crippen LogP contribution in [-0.4, -0.2) is 17.1 Å². The molecule has 98 valence electrons. The van der Waals surface area contributed by atoms with E-state index in [0.717, 1.165) is 23.4 Å². The summed E-state index contributed by atoms with van der Waals surface area (Å²) in [5.74, 6) is 0.287. The molecule has 0 heterocycles. The Hall–Kier alpha value is -2.07. The molecule has 0 bridgehead atoms. The molecule has 0 aliphatic rings. The van der Waals surface area contributed by atoms with Gasteiger partial charge in [-0.15, -0.1) is 0 Å². The summed E-state index contributed by atoms with van der Waals surface area (Å²) in [6.07, 6.45) is 0. The third-order valence-corrected chi connectivity index (χ3v) is 3.16. The minimum atomic E-state index is 0.287. The fourth-order valence-electron chi connectivity index (χ4n) is 1.90. The molecule has 0 aliphatic heterocycles. The Kier molecular flexibility index (Phi) is 4.02. The molecule has 2 aromatic rings. The van der Waals surface area contributed by atoms with Crippen LogP contribution in [0.15, 0.2) is 48.5 Å². The van der Waals surface area contributed by atoms with Crippen molar-refractivity contribution in [2.45, 2.75) is 6.54 Å². The van der Waals surface area contributed by atoms with Crippen LogP contribution in [0.1, 0.15) is 11.1 Å². The van der Waals surface area contributed by atoms with E-state index in [-0.39, 0.29) is 5.75 Å². The summed E-state index contributed by atoms with van der Waals surface area (Å²) in [6.45, 7) is 0.723. The van der Waals surface area contributed by atoms with Gasteiger partial charge in [-0.1, -0.05) is 24.4 Å². The molecule has 2 rings (SSSR count). The quantitative estimate of drug-likeness (QED) is 0.840. The number of phenols is 1. The highest BCUT2D eigenvalue weighted by Gasteiger charge is 2.03. The monoisotopic (exact) mass is 272 g/mol. The number of thiocarbonyl (C=S) groups is 1. The van der Waals surface area contributed by atoms with Crippen molar-refractivity contribution in [2.75, 3.05) is 11.9 Å². The highest BCUT2D eigenvalue weighted by atomic mass is 32.1. The topological polar surface area (TPSA) is 49.5 Å². The van der Waals surface area contributed by atoms with Gasteiger partial charge in [-0.05, 0) is 42.0 Å². The number of aromatic hydroxyl groups is 1. The minimum absolute atomic E-state index is 0.287. The van der Waals surface area contributed by atoms with Crippen molar-refractivity contribution >= 4 is 22.9 Å². The first-order valence-corrected chi connectivity index (χ1v) is 6.36. The number of phenolic OH excluding ortho intramolecular Hbond substituents is 1. The molecule has 0 fully saturated rings. The second-order valence-electron chi connectivity index (χ2n) is 4.44. The molecule has 0 aliphatic carbocycles. The van der Waals surface area contributed by atoms with Gasteiger partial charge >= 0.3 is 0 Å². The largest absolute Gasteiger partial charge is 0.508 e. The molecule has 0 aromatic heterocycles. The van der Waals surface area contributed by atoms with Crippen molar-refractivity contribution < 1.29 is 5.11 Å². The van der Waals surface area contributed by atoms with Crippen molar-refractivity contribution in [1.82, 2.24) is 0 Å². The van der Waals surface area contributed by atoms with Gasteiger partial charge in [0.15, 0.2) is 0 Å². The lowest BCUT2D eigenvalue weighted by Gasteiger charge is -2.19. The van der Waals surface area contributed by atoms with Crippen LogP contribution in [0.25, 0.3) is 0 Å². The Morgan fingerprint density at radius 2 is 1.89 bits per heavy atom. The van der Waals surface area contributed by atoms with E-state index in [9.17, 15) is 5.11 Å². The lowest BCUT2D eigenvalue weighted by molar-refractivity contribution is 0.474. The predicted molar refractivity (Wildman–Crippen MR) is 82.5 cm³/mol. The van der Waals surface area contributed by atoms with Crippen molar-refractivity contribution in [3.05, 3.63) is 59.7 Å². The third kappa shape index (κ3) is 3.45. The smallest absolute Gasteiger partial charge is 0.115 e. The molecule has 0 spiro atoms. The van der Waals surface area contributed by atoms with Crippen molar-refractivity contribution in [1.29, 1.82) is 0 Å². The van der Waals surface area contributed by atoms with Gasteiger partial charge in [-0.25, -0.2) is 0 Å². The average Bonchev–Trinajstić information content (AvgIpc) is 2.39. The Morgan fingerprint density at radius 1 is 1.21 bits per heavy atom. The van der Waals surface area contributed by atoms with E-state index in [4.69, 9.17) is 18.0 Å². The van der Waals surface area contributed by atoms with Crippen molar-refractivity contribution in [2.24, 2.45) is 5.73 Å². The molecule has 3 nitrogen and oxygen atoms in total. The standard InChI is InChI=1S/C15H16N2OS/c1-17(10-11-3-2-4-14(18)9-11)13-7-5-12(6-8-13)15(16)19/h2-9,18H,10H2,1H3,(H2,16,19). The van der Waals surface area contributed by atoms with Gasteiger partial charge in [0, 0.05) is 24.8 Å². The maximum absolute atomic E-state index is 9.45. The maximum atomic E-state index is 9.45.